The molecule has 8 heteroatoms. The lowest BCUT2D eigenvalue weighted by molar-refractivity contribution is -0.115. The highest BCUT2D eigenvalue weighted by Gasteiger charge is 2.24. The van der Waals surface area contributed by atoms with Crippen molar-refractivity contribution >= 4 is 38.8 Å². The van der Waals surface area contributed by atoms with Crippen LogP contribution in [0.3, 0.4) is 0 Å². The topological polar surface area (TPSA) is 89.5 Å². The molecule has 4 rings (SSSR count). The van der Waals surface area contributed by atoms with Gasteiger partial charge in [0.1, 0.15) is 12.4 Å². The second kappa shape index (κ2) is 9.42. The molecular weight excluding hydrogens is 446 g/mol. The smallest absolute Gasteiger partial charge is 0.290 e. The number of carbonyl (C=O) groups excluding carboxylic acids is 2. The van der Waals surface area contributed by atoms with Gasteiger partial charge < -0.3 is 4.74 Å². The van der Waals surface area contributed by atoms with Gasteiger partial charge in [-0.15, -0.1) is 0 Å². The number of ether oxygens (including phenoxy) is 1. The fraction of sp³-hybridized carbons (Fsp3) is 0.0833. The van der Waals surface area contributed by atoms with E-state index >= 15 is 0 Å². The summed E-state index contributed by atoms with van der Waals surface area (Å²) >= 11 is 0.850. The van der Waals surface area contributed by atoms with Gasteiger partial charge in [0.15, 0.2) is 9.84 Å². The van der Waals surface area contributed by atoms with E-state index in [1.165, 1.54) is 0 Å². The first-order valence-electron chi connectivity index (χ1n) is 9.77. The zero-order valence-corrected chi connectivity index (χ0v) is 18.5. The van der Waals surface area contributed by atoms with E-state index in [-0.39, 0.29) is 17.3 Å². The largest absolute Gasteiger partial charge is 0.493 e. The number of hydrogen-bond donors (Lipinski definition) is 1. The lowest BCUT2D eigenvalue weighted by Gasteiger charge is -2.09. The minimum Gasteiger partial charge on any atom is -0.493 e. The van der Waals surface area contributed by atoms with Crippen LogP contribution in [-0.4, -0.2) is 31.9 Å². The summed E-state index contributed by atoms with van der Waals surface area (Å²) in [5.74, 6) is -0.0497. The Labute approximate surface area is 190 Å². The molecule has 32 heavy (non-hydrogen) atoms. The predicted molar refractivity (Wildman–Crippen MR) is 125 cm³/mol. The summed E-state index contributed by atoms with van der Waals surface area (Å²) < 4.78 is 30.8. The Bertz CT molecular complexity index is 1270. The third kappa shape index (κ3) is 5.27. The van der Waals surface area contributed by atoms with Crippen molar-refractivity contribution in [3.63, 3.8) is 0 Å². The Balaban J connectivity index is 1.34. The van der Waals surface area contributed by atoms with Crippen molar-refractivity contribution in [1.82, 2.24) is 5.32 Å². The third-order valence-electron chi connectivity index (χ3n) is 4.76. The van der Waals surface area contributed by atoms with Crippen molar-refractivity contribution in [2.75, 3.05) is 12.4 Å². The molecule has 3 aromatic carbocycles. The molecule has 0 bridgehead atoms. The minimum atomic E-state index is -3.48. The van der Waals surface area contributed by atoms with E-state index in [9.17, 15) is 18.0 Å². The summed E-state index contributed by atoms with van der Waals surface area (Å²) in [6.07, 6.45) is 1.61. The van der Waals surface area contributed by atoms with Crippen LogP contribution in [0.5, 0.6) is 5.75 Å². The minimum absolute atomic E-state index is 0.00989. The van der Waals surface area contributed by atoms with Crippen molar-refractivity contribution < 1.29 is 22.7 Å². The number of amides is 2. The average Bonchev–Trinajstić information content (AvgIpc) is 3.12. The molecule has 1 aliphatic rings. The van der Waals surface area contributed by atoms with Gasteiger partial charge in [-0.3, -0.25) is 14.9 Å². The Morgan fingerprint density at radius 3 is 2.12 bits per heavy atom. The highest BCUT2D eigenvalue weighted by Crippen LogP contribution is 2.26. The molecule has 0 radical (unpaired) electrons. The first-order chi connectivity index (χ1) is 15.4. The number of thioether (sulfide) groups is 1. The summed E-state index contributed by atoms with van der Waals surface area (Å²) in [5.41, 5.74) is 2.71. The fourth-order valence-electron chi connectivity index (χ4n) is 3.11. The lowest BCUT2D eigenvalue weighted by Crippen LogP contribution is -2.17. The number of rotatable bonds is 7. The monoisotopic (exact) mass is 465 g/mol. The lowest BCUT2D eigenvalue weighted by atomic mass is 10.1. The van der Waals surface area contributed by atoms with Gasteiger partial charge in [0.25, 0.3) is 11.1 Å². The number of carbonyl (C=O) groups is 2. The molecule has 162 valence electrons. The molecule has 0 spiro atoms. The van der Waals surface area contributed by atoms with Crippen molar-refractivity contribution in [2.24, 2.45) is 0 Å². The highest BCUT2D eigenvalue weighted by atomic mass is 32.2. The molecule has 0 aliphatic carbocycles. The van der Waals surface area contributed by atoms with E-state index in [2.05, 4.69) is 5.32 Å². The Morgan fingerprint density at radius 2 is 1.50 bits per heavy atom. The van der Waals surface area contributed by atoms with E-state index in [1.54, 1.807) is 54.6 Å². The summed E-state index contributed by atoms with van der Waals surface area (Å²) in [6, 6.07) is 23.4. The van der Waals surface area contributed by atoms with E-state index in [1.807, 2.05) is 30.3 Å². The van der Waals surface area contributed by atoms with Crippen molar-refractivity contribution in [3.8, 4) is 16.9 Å². The number of hydrogen-bond acceptors (Lipinski definition) is 6. The van der Waals surface area contributed by atoms with Crippen LogP contribution in [0.4, 0.5) is 4.79 Å². The van der Waals surface area contributed by atoms with E-state index < -0.39 is 21.0 Å². The van der Waals surface area contributed by atoms with Crippen molar-refractivity contribution in [3.05, 3.63) is 89.3 Å². The van der Waals surface area contributed by atoms with Crippen LogP contribution in [0.25, 0.3) is 17.2 Å². The first-order valence-corrected chi connectivity index (χ1v) is 12.2. The van der Waals surface area contributed by atoms with Gasteiger partial charge in [0.05, 0.1) is 15.6 Å². The molecule has 0 unspecified atom stereocenters. The number of sulfone groups is 1. The Kier molecular flexibility index (Phi) is 6.43. The second-order valence-corrected chi connectivity index (χ2v) is 10.1. The first kappa shape index (κ1) is 21.9. The van der Waals surface area contributed by atoms with Crippen LogP contribution < -0.4 is 10.1 Å². The van der Waals surface area contributed by atoms with Crippen LogP contribution in [0.2, 0.25) is 0 Å². The molecule has 3 aromatic rings. The Hall–Kier alpha value is -3.36. The quantitative estimate of drug-likeness (QED) is 0.516. The maximum atomic E-state index is 12.6. The number of nitrogens with one attached hydrogen (secondary N) is 1. The van der Waals surface area contributed by atoms with Crippen LogP contribution in [0.15, 0.2) is 88.7 Å². The van der Waals surface area contributed by atoms with Gasteiger partial charge in [0.2, 0.25) is 0 Å². The molecule has 1 fully saturated rings. The summed E-state index contributed by atoms with van der Waals surface area (Å²) in [4.78, 5) is 23.4. The van der Waals surface area contributed by atoms with Gasteiger partial charge in [-0.05, 0) is 58.8 Å². The van der Waals surface area contributed by atoms with Gasteiger partial charge in [-0.25, -0.2) is 8.42 Å². The number of imide groups is 1. The molecule has 0 saturated carbocycles. The molecule has 6 nitrogen and oxygen atoms in total. The normalized spacial score (nSPS) is 15.1. The fourth-order valence-corrected chi connectivity index (χ4v) is 4.88. The van der Waals surface area contributed by atoms with E-state index in [4.69, 9.17) is 4.74 Å². The van der Waals surface area contributed by atoms with E-state index in [0.717, 1.165) is 28.5 Å². The van der Waals surface area contributed by atoms with Crippen LogP contribution >= 0.6 is 11.8 Å². The molecule has 0 atom stereocenters. The molecule has 0 aromatic heterocycles. The maximum Gasteiger partial charge on any atom is 0.290 e. The maximum absolute atomic E-state index is 12.6. The molecule has 1 aliphatic heterocycles. The van der Waals surface area contributed by atoms with Gasteiger partial charge in [-0.1, -0.05) is 54.6 Å². The molecular formula is C24H19NO5S2. The summed E-state index contributed by atoms with van der Waals surface area (Å²) in [5, 5.41) is 1.81. The SMILES string of the molecule is O=C1NC(=O)C(=Cc2ccc(OCCS(=O)(=O)c3ccc(-c4ccccc4)cc3)cc2)S1. The Morgan fingerprint density at radius 1 is 0.844 bits per heavy atom. The van der Waals surface area contributed by atoms with Crippen molar-refractivity contribution in [2.45, 2.75) is 4.90 Å². The van der Waals surface area contributed by atoms with Crippen LogP contribution in [0.1, 0.15) is 5.56 Å². The summed E-state index contributed by atoms with van der Waals surface area (Å²) in [7, 11) is -3.48. The second-order valence-electron chi connectivity index (χ2n) is 6.98. The highest BCUT2D eigenvalue weighted by molar-refractivity contribution is 8.18. The molecule has 1 heterocycles. The van der Waals surface area contributed by atoms with E-state index in [0.29, 0.717) is 10.7 Å². The zero-order valence-electron chi connectivity index (χ0n) is 16.9. The van der Waals surface area contributed by atoms with Gasteiger partial charge >= 0.3 is 0 Å². The van der Waals surface area contributed by atoms with Gasteiger partial charge in [-0.2, -0.15) is 0 Å². The average molecular weight is 466 g/mol. The molecule has 1 saturated heterocycles. The zero-order chi connectivity index (χ0) is 22.6. The molecule has 2 amide bonds. The van der Waals surface area contributed by atoms with Crippen molar-refractivity contribution in [1.29, 1.82) is 0 Å². The van der Waals surface area contributed by atoms with Gasteiger partial charge in [0, 0.05) is 0 Å². The molecule has 1 N–H and O–H groups in total. The third-order valence-corrected chi connectivity index (χ3v) is 7.27. The summed E-state index contributed by atoms with van der Waals surface area (Å²) in [6.45, 7) is 0.00989. The van der Waals surface area contributed by atoms with Crippen LogP contribution in [0, 0.1) is 0 Å². The number of benzene rings is 3. The predicted octanol–water partition coefficient (Wildman–Crippen LogP) is 4.53. The standard InChI is InChI=1S/C24H19NO5S2/c26-23-22(31-24(27)25-23)16-17-6-10-20(11-7-17)30-14-15-32(28,29)21-12-8-19(9-13-21)18-4-2-1-3-5-18/h1-13,16H,14-15H2,(H,25,26,27). The van der Waals surface area contributed by atoms with Crippen LogP contribution in [-0.2, 0) is 14.6 Å².